The molecular formula is C15H20N2O3. The van der Waals surface area contributed by atoms with Crippen LogP contribution in [0.2, 0.25) is 0 Å². The first-order valence-electron chi connectivity index (χ1n) is 6.51. The Hall–Kier alpha value is -2.01. The van der Waals surface area contributed by atoms with Crippen LogP contribution in [-0.2, 0) is 13.5 Å². The second-order valence-corrected chi connectivity index (χ2v) is 4.69. The molecule has 0 spiro atoms. The van der Waals surface area contributed by atoms with Gasteiger partial charge in [-0.1, -0.05) is 6.07 Å². The minimum atomic E-state index is -0.532. The van der Waals surface area contributed by atoms with Crippen molar-refractivity contribution in [2.24, 2.45) is 7.05 Å². The molecule has 1 aromatic heterocycles. The van der Waals surface area contributed by atoms with Gasteiger partial charge in [0.15, 0.2) is 11.5 Å². The summed E-state index contributed by atoms with van der Waals surface area (Å²) < 4.78 is 12.2. The van der Waals surface area contributed by atoms with Crippen molar-refractivity contribution in [3.8, 4) is 11.5 Å². The maximum atomic E-state index is 10.2. The van der Waals surface area contributed by atoms with Crippen molar-refractivity contribution in [1.29, 1.82) is 0 Å². The number of aryl methyl sites for hydroxylation is 2. The molecule has 0 bridgehead atoms. The molecule has 2 aromatic rings. The van der Waals surface area contributed by atoms with E-state index in [4.69, 9.17) is 9.47 Å². The average molecular weight is 276 g/mol. The van der Waals surface area contributed by atoms with Gasteiger partial charge < -0.3 is 14.6 Å². The van der Waals surface area contributed by atoms with E-state index in [2.05, 4.69) is 5.10 Å². The summed E-state index contributed by atoms with van der Waals surface area (Å²) in [6.07, 6.45) is 4.67. The Labute approximate surface area is 118 Å². The first-order valence-corrected chi connectivity index (χ1v) is 6.51. The summed E-state index contributed by atoms with van der Waals surface area (Å²) in [7, 11) is 5.06. The number of ether oxygens (including phenoxy) is 2. The van der Waals surface area contributed by atoms with Crippen LogP contribution in [0, 0.1) is 0 Å². The Morgan fingerprint density at radius 1 is 1.25 bits per heavy atom. The van der Waals surface area contributed by atoms with Crippen molar-refractivity contribution in [3.63, 3.8) is 0 Å². The molecule has 1 N–H and O–H groups in total. The van der Waals surface area contributed by atoms with E-state index in [1.165, 1.54) is 0 Å². The Balaban J connectivity index is 2.03. The van der Waals surface area contributed by atoms with E-state index in [-0.39, 0.29) is 0 Å². The van der Waals surface area contributed by atoms with Gasteiger partial charge in [-0.05, 0) is 36.1 Å². The van der Waals surface area contributed by atoms with Crippen molar-refractivity contribution in [3.05, 3.63) is 41.7 Å². The molecule has 1 heterocycles. The minimum absolute atomic E-state index is 0.532. The maximum Gasteiger partial charge on any atom is 0.161 e. The molecule has 0 aliphatic carbocycles. The highest BCUT2D eigenvalue weighted by Gasteiger charge is 2.12. The second-order valence-electron chi connectivity index (χ2n) is 4.69. The summed E-state index contributed by atoms with van der Waals surface area (Å²) in [6.45, 7) is 0. The third-order valence-corrected chi connectivity index (χ3v) is 3.26. The van der Waals surface area contributed by atoms with E-state index in [0.29, 0.717) is 17.9 Å². The molecule has 20 heavy (non-hydrogen) atoms. The molecule has 0 amide bonds. The molecule has 5 heteroatoms. The van der Waals surface area contributed by atoms with Gasteiger partial charge in [0.2, 0.25) is 0 Å². The van der Waals surface area contributed by atoms with Gasteiger partial charge in [-0.25, -0.2) is 0 Å². The molecule has 1 aromatic carbocycles. The molecule has 0 aliphatic rings. The van der Waals surface area contributed by atoms with Crippen LogP contribution in [0.1, 0.15) is 23.7 Å². The quantitative estimate of drug-likeness (QED) is 0.878. The molecule has 5 nitrogen and oxygen atoms in total. The van der Waals surface area contributed by atoms with Gasteiger partial charge in [0.05, 0.1) is 26.5 Å². The lowest BCUT2D eigenvalue weighted by atomic mass is 10.0. The fourth-order valence-electron chi connectivity index (χ4n) is 2.13. The Morgan fingerprint density at radius 2 is 2.00 bits per heavy atom. The summed E-state index contributed by atoms with van der Waals surface area (Å²) in [4.78, 5) is 0. The molecule has 0 fully saturated rings. The fourth-order valence-corrected chi connectivity index (χ4v) is 2.13. The lowest BCUT2D eigenvalue weighted by Crippen LogP contribution is -2.01. The first kappa shape index (κ1) is 14.4. The highest BCUT2D eigenvalue weighted by molar-refractivity contribution is 5.43. The molecule has 0 saturated carbocycles. The van der Waals surface area contributed by atoms with Crippen molar-refractivity contribution < 1.29 is 14.6 Å². The predicted octanol–water partition coefficient (Wildman–Crippen LogP) is 2.10. The zero-order chi connectivity index (χ0) is 14.5. The summed E-state index contributed by atoms with van der Waals surface area (Å²) in [5, 5.41) is 14.4. The molecule has 0 radical (unpaired) electrons. The lowest BCUT2D eigenvalue weighted by molar-refractivity contribution is 0.167. The summed E-state index contributed by atoms with van der Waals surface area (Å²) >= 11 is 0. The van der Waals surface area contributed by atoms with Gasteiger partial charge in [-0.15, -0.1) is 0 Å². The Morgan fingerprint density at radius 3 is 2.60 bits per heavy atom. The van der Waals surface area contributed by atoms with Gasteiger partial charge in [0.1, 0.15) is 0 Å². The molecular weight excluding hydrogens is 256 g/mol. The molecule has 108 valence electrons. The molecule has 0 saturated heterocycles. The minimum Gasteiger partial charge on any atom is -0.493 e. The van der Waals surface area contributed by atoms with Crippen molar-refractivity contribution in [1.82, 2.24) is 9.78 Å². The predicted molar refractivity (Wildman–Crippen MR) is 76.0 cm³/mol. The number of hydrogen-bond donors (Lipinski definition) is 1. The number of hydrogen-bond acceptors (Lipinski definition) is 4. The van der Waals surface area contributed by atoms with Crippen molar-refractivity contribution in [2.45, 2.75) is 18.9 Å². The number of aromatic nitrogens is 2. The Bertz CT molecular complexity index is 566. The monoisotopic (exact) mass is 276 g/mol. The van der Waals surface area contributed by atoms with Gasteiger partial charge in [-0.3, -0.25) is 4.68 Å². The van der Waals surface area contributed by atoms with Crippen LogP contribution < -0.4 is 9.47 Å². The summed E-state index contributed by atoms with van der Waals surface area (Å²) in [5.74, 6) is 1.29. The van der Waals surface area contributed by atoms with E-state index >= 15 is 0 Å². The topological polar surface area (TPSA) is 56.5 Å². The highest BCUT2D eigenvalue weighted by atomic mass is 16.5. The van der Waals surface area contributed by atoms with Crippen molar-refractivity contribution in [2.75, 3.05) is 14.2 Å². The largest absolute Gasteiger partial charge is 0.493 e. The SMILES string of the molecule is COc1ccc(C(O)CCc2cnn(C)c2)cc1OC. The van der Waals surface area contributed by atoms with Gasteiger partial charge in [0.25, 0.3) is 0 Å². The third kappa shape index (κ3) is 3.30. The zero-order valence-electron chi connectivity index (χ0n) is 12.0. The standard InChI is InChI=1S/C15H20N2O3/c1-17-10-11(9-16-17)4-6-13(18)12-5-7-14(19-2)15(8-12)20-3/h5,7-10,13,18H,4,6H2,1-3H3. The van der Waals surface area contributed by atoms with E-state index in [1.807, 2.05) is 37.6 Å². The zero-order valence-corrected chi connectivity index (χ0v) is 12.0. The number of rotatable bonds is 6. The summed E-state index contributed by atoms with van der Waals surface area (Å²) in [6, 6.07) is 5.48. The van der Waals surface area contributed by atoms with E-state index < -0.39 is 6.10 Å². The van der Waals surface area contributed by atoms with Crippen LogP contribution in [0.4, 0.5) is 0 Å². The number of benzene rings is 1. The van der Waals surface area contributed by atoms with E-state index in [1.54, 1.807) is 18.9 Å². The molecule has 2 rings (SSSR count). The molecule has 1 unspecified atom stereocenters. The van der Waals surface area contributed by atoms with E-state index in [9.17, 15) is 5.11 Å². The van der Waals surface area contributed by atoms with Crippen LogP contribution in [0.25, 0.3) is 0 Å². The summed E-state index contributed by atoms with van der Waals surface area (Å²) in [5.41, 5.74) is 1.94. The third-order valence-electron chi connectivity index (χ3n) is 3.26. The van der Waals surface area contributed by atoms with Crippen LogP contribution >= 0.6 is 0 Å². The Kier molecular flexibility index (Phi) is 4.63. The number of aliphatic hydroxyl groups is 1. The van der Waals surface area contributed by atoms with Crippen LogP contribution in [-0.4, -0.2) is 29.1 Å². The van der Waals surface area contributed by atoms with Crippen LogP contribution in [0.3, 0.4) is 0 Å². The van der Waals surface area contributed by atoms with Gasteiger partial charge >= 0.3 is 0 Å². The molecule has 0 aliphatic heterocycles. The van der Waals surface area contributed by atoms with Crippen LogP contribution in [0.15, 0.2) is 30.6 Å². The number of methoxy groups -OCH3 is 2. The smallest absolute Gasteiger partial charge is 0.161 e. The average Bonchev–Trinajstić information content (AvgIpc) is 2.89. The first-order chi connectivity index (χ1) is 9.63. The van der Waals surface area contributed by atoms with Gasteiger partial charge in [-0.2, -0.15) is 5.10 Å². The highest BCUT2D eigenvalue weighted by Crippen LogP contribution is 2.31. The maximum absolute atomic E-state index is 10.2. The number of nitrogens with zero attached hydrogens (tertiary/aromatic N) is 2. The van der Waals surface area contributed by atoms with Crippen molar-refractivity contribution >= 4 is 0 Å². The van der Waals surface area contributed by atoms with Crippen LogP contribution in [0.5, 0.6) is 11.5 Å². The number of aliphatic hydroxyl groups excluding tert-OH is 1. The van der Waals surface area contributed by atoms with E-state index in [0.717, 1.165) is 17.5 Å². The second kappa shape index (κ2) is 6.43. The lowest BCUT2D eigenvalue weighted by Gasteiger charge is -2.13. The normalized spacial score (nSPS) is 12.2. The van der Waals surface area contributed by atoms with Gasteiger partial charge in [0, 0.05) is 13.2 Å². The molecule has 1 atom stereocenters. The fraction of sp³-hybridized carbons (Fsp3) is 0.400.